The van der Waals surface area contributed by atoms with Crippen LogP contribution >= 0.6 is 0 Å². The topological polar surface area (TPSA) is 42.7 Å². The van der Waals surface area contributed by atoms with Gasteiger partial charge in [-0.15, -0.1) is 10.2 Å². The second kappa shape index (κ2) is 5.61. The molecule has 1 aliphatic carbocycles. The summed E-state index contributed by atoms with van der Waals surface area (Å²) in [5, 5.41) is 12.4. The average Bonchev–Trinajstić information content (AvgIpc) is 2.81. The second-order valence-electron chi connectivity index (χ2n) is 6.52. The predicted octanol–water partition coefficient (Wildman–Crippen LogP) is 2.53. The number of hydrogen-bond donors (Lipinski definition) is 1. The Morgan fingerprint density at radius 3 is 2.95 bits per heavy atom. The number of hydrogen-bond acceptors (Lipinski definition) is 3. The Hall–Kier alpha value is -0.900. The van der Waals surface area contributed by atoms with Crippen molar-refractivity contribution in [2.75, 3.05) is 0 Å². The van der Waals surface area contributed by atoms with Crippen LogP contribution in [0.3, 0.4) is 0 Å². The normalized spacial score (nSPS) is 31.2. The molecule has 0 bridgehead atoms. The van der Waals surface area contributed by atoms with Crippen LogP contribution in [-0.4, -0.2) is 20.8 Å². The van der Waals surface area contributed by atoms with Gasteiger partial charge in [-0.25, -0.2) is 0 Å². The second-order valence-corrected chi connectivity index (χ2v) is 6.52. The molecule has 3 rings (SSSR count). The van der Waals surface area contributed by atoms with Crippen LogP contribution < -0.4 is 5.32 Å². The molecule has 2 aliphatic rings. The lowest BCUT2D eigenvalue weighted by Gasteiger charge is -2.33. The highest BCUT2D eigenvalue weighted by atomic mass is 15.3. The minimum absolute atomic E-state index is 0.660. The molecule has 0 amide bonds. The summed E-state index contributed by atoms with van der Waals surface area (Å²) in [7, 11) is 0. The van der Waals surface area contributed by atoms with Gasteiger partial charge in [0, 0.05) is 19.0 Å². The summed E-state index contributed by atoms with van der Waals surface area (Å²) in [5.41, 5.74) is 0. The van der Waals surface area contributed by atoms with E-state index in [9.17, 15) is 0 Å². The van der Waals surface area contributed by atoms with Crippen LogP contribution in [-0.2, 0) is 19.5 Å². The molecule has 4 heteroatoms. The summed E-state index contributed by atoms with van der Waals surface area (Å²) in [6.07, 6.45) is 7.67. The van der Waals surface area contributed by atoms with Crippen molar-refractivity contribution < 1.29 is 0 Å². The van der Waals surface area contributed by atoms with Gasteiger partial charge in [0.25, 0.3) is 0 Å². The van der Waals surface area contributed by atoms with E-state index in [0.717, 1.165) is 37.2 Å². The lowest BCUT2D eigenvalue weighted by Crippen LogP contribution is -2.39. The van der Waals surface area contributed by atoms with Crippen molar-refractivity contribution in [3.05, 3.63) is 11.6 Å². The molecule has 0 aromatic carbocycles. The van der Waals surface area contributed by atoms with Gasteiger partial charge in [-0.2, -0.15) is 0 Å². The van der Waals surface area contributed by atoms with Gasteiger partial charge in [0.05, 0.1) is 6.54 Å². The summed E-state index contributed by atoms with van der Waals surface area (Å²) in [6.45, 7) is 6.75. The van der Waals surface area contributed by atoms with E-state index in [1.807, 2.05) is 0 Å². The zero-order valence-electron chi connectivity index (χ0n) is 12.2. The van der Waals surface area contributed by atoms with Crippen LogP contribution in [0.2, 0.25) is 0 Å². The molecule has 1 fully saturated rings. The highest BCUT2D eigenvalue weighted by Crippen LogP contribution is 2.28. The molecular formula is C15H26N4. The van der Waals surface area contributed by atoms with E-state index in [1.165, 1.54) is 37.9 Å². The highest BCUT2D eigenvalue weighted by Gasteiger charge is 2.25. The van der Waals surface area contributed by atoms with Crippen LogP contribution in [0.4, 0.5) is 0 Å². The third-order valence-corrected chi connectivity index (χ3v) is 4.89. The van der Waals surface area contributed by atoms with Crippen molar-refractivity contribution in [1.82, 2.24) is 20.1 Å². The molecule has 0 spiro atoms. The maximum Gasteiger partial charge on any atom is 0.147 e. The summed E-state index contributed by atoms with van der Waals surface area (Å²) >= 11 is 0. The molecule has 0 radical (unpaired) electrons. The zero-order valence-corrected chi connectivity index (χ0v) is 12.2. The van der Waals surface area contributed by atoms with E-state index in [2.05, 4.69) is 33.9 Å². The monoisotopic (exact) mass is 262 g/mol. The Kier molecular flexibility index (Phi) is 3.87. The van der Waals surface area contributed by atoms with Gasteiger partial charge in [-0.1, -0.05) is 13.8 Å². The van der Waals surface area contributed by atoms with Crippen molar-refractivity contribution >= 4 is 0 Å². The van der Waals surface area contributed by atoms with Crippen molar-refractivity contribution in [1.29, 1.82) is 0 Å². The van der Waals surface area contributed by atoms with Crippen molar-refractivity contribution in [2.24, 2.45) is 11.8 Å². The fourth-order valence-corrected chi connectivity index (χ4v) is 3.69. The molecule has 2 heterocycles. The Balaban J connectivity index is 1.59. The number of aromatic nitrogens is 3. The number of aryl methyl sites for hydroxylation is 1. The number of rotatable bonds is 3. The summed E-state index contributed by atoms with van der Waals surface area (Å²) in [5.74, 6) is 4.01. The molecule has 3 atom stereocenters. The lowest BCUT2D eigenvalue weighted by atomic mass is 9.80. The summed E-state index contributed by atoms with van der Waals surface area (Å²) in [6, 6.07) is 0.660. The van der Waals surface area contributed by atoms with Crippen LogP contribution in [0.1, 0.15) is 57.6 Å². The molecule has 1 aromatic rings. The molecule has 1 aliphatic heterocycles. The quantitative estimate of drug-likeness (QED) is 0.910. The van der Waals surface area contributed by atoms with Crippen LogP contribution in [0.15, 0.2) is 0 Å². The van der Waals surface area contributed by atoms with E-state index < -0.39 is 0 Å². The Labute approximate surface area is 116 Å². The van der Waals surface area contributed by atoms with Gasteiger partial charge < -0.3 is 9.88 Å². The molecule has 4 nitrogen and oxygen atoms in total. The zero-order chi connectivity index (χ0) is 13.2. The number of nitrogens with zero attached hydrogens (tertiary/aromatic N) is 3. The first-order chi connectivity index (χ1) is 9.24. The van der Waals surface area contributed by atoms with E-state index >= 15 is 0 Å². The standard InChI is InChI=1S/C15H26N4/c1-11-6-7-13(12(2)9-11)16-10-15-18-17-14-5-3-4-8-19(14)15/h11-13,16H,3-10H2,1-2H3. The van der Waals surface area contributed by atoms with Crippen molar-refractivity contribution in [3.8, 4) is 0 Å². The molecule has 0 saturated heterocycles. The third-order valence-electron chi connectivity index (χ3n) is 4.89. The number of nitrogens with one attached hydrogen (secondary N) is 1. The van der Waals surface area contributed by atoms with Crippen molar-refractivity contribution in [3.63, 3.8) is 0 Å². The Morgan fingerprint density at radius 2 is 2.11 bits per heavy atom. The van der Waals surface area contributed by atoms with Crippen molar-refractivity contribution in [2.45, 2.75) is 71.5 Å². The molecular weight excluding hydrogens is 236 g/mol. The fraction of sp³-hybridized carbons (Fsp3) is 0.867. The SMILES string of the molecule is CC1CCC(NCc2nnc3n2CCCC3)C(C)C1. The Morgan fingerprint density at radius 1 is 1.21 bits per heavy atom. The van der Waals surface area contributed by atoms with Crippen LogP contribution in [0, 0.1) is 11.8 Å². The van der Waals surface area contributed by atoms with Crippen LogP contribution in [0.5, 0.6) is 0 Å². The van der Waals surface area contributed by atoms with E-state index in [0.29, 0.717) is 6.04 Å². The van der Waals surface area contributed by atoms with E-state index in [4.69, 9.17) is 0 Å². The fourth-order valence-electron chi connectivity index (χ4n) is 3.69. The summed E-state index contributed by atoms with van der Waals surface area (Å²) < 4.78 is 2.33. The van der Waals surface area contributed by atoms with Gasteiger partial charge in [-0.05, 0) is 43.9 Å². The van der Waals surface area contributed by atoms with Gasteiger partial charge in [0.1, 0.15) is 11.6 Å². The van der Waals surface area contributed by atoms with Gasteiger partial charge in [0.2, 0.25) is 0 Å². The first-order valence-corrected chi connectivity index (χ1v) is 7.88. The summed E-state index contributed by atoms with van der Waals surface area (Å²) in [4.78, 5) is 0. The molecule has 106 valence electrons. The molecule has 1 N–H and O–H groups in total. The van der Waals surface area contributed by atoms with Gasteiger partial charge in [-0.3, -0.25) is 0 Å². The largest absolute Gasteiger partial charge is 0.314 e. The first-order valence-electron chi connectivity index (χ1n) is 7.88. The predicted molar refractivity (Wildman–Crippen MR) is 75.8 cm³/mol. The minimum Gasteiger partial charge on any atom is -0.314 e. The van der Waals surface area contributed by atoms with E-state index in [1.54, 1.807) is 0 Å². The van der Waals surface area contributed by atoms with Gasteiger partial charge in [0.15, 0.2) is 0 Å². The lowest BCUT2D eigenvalue weighted by molar-refractivity contribution is 0.225. The smallest absolute Gasteiger partial charge is 0.147 e. The molecule has 3 unspecified atom stereocenters. The minimum atomic E-state index is 0.660. The Bertz CT molecular complexity index is 426. The van der Waals surface area contributed by atoms with Crippen LogP contribution in [0.25, 0.3) is 0 Å². The molecule has 1 aromatic heterocycles. The number of fused-ring (bicyclic) bond motifs is 1. The average molecular weight is 262 g/mol. The molecule has 19 heavy (non-hydrogen) atoms. The maximum absolute atomic E-state index is 4.37. The van der Waals surface area contributed by atoms with Gasteiger partial charge >= 0.3 is 0 Å². The molecule has 1 saturated carbocycles. The maximum atomic E-state index is 4.37. The first kappa shape index (κ1) is 13.1. The highest BCUT2D eigenvalue weighted by molar-refractivity contribution is 4.99. The van der Waals surface area contributed by atoms with E-state index in [-0.39, 0.29) is 0 Å². The third kappa shape index (κ3) is 2.83.